The number of benzene rings is 3. The van der Waals surface area contributed by atoms with Crippen molar-refractivity contribution in [3.05, 3.63) is 112 Å². The first-order valence-electron chi connectivity index (χ1n) is 10.9. The lowest BCUT2D eigenvalue weighted by molar-refractivity contribution is -0.121. The average molecular weight is 476 g/mol. The van der Waals surface area contributed by atoms with Gasteiger partial charge in [0.1, 0.15) is 29.7 Å². The van der Waals surface area contributed by atoms with Crippen LogP contribution in [0.15, 0.2) is 77.6 Å². The minimum Gasteiger partial charge on any atom is -0.489 e. The van der Waals surface area contributed by atoms with Gasteiger partial charge < -0.3 is 15.0 Å². The van der Waals surface area contributed by atoms with E-state index in [-0.39, 0.29) is 55.1 Å². The number of carbonyl (C=O) groups excluding carboxylic acids is 1. The van der Waals surface area contributed by atoms with Crippen molar-refractivity contribution in [1.29, 1.82) is 0 Å². The second-order valence-electron chi connectivity index (χ2n) is 7.80. The van der Waals surface area contributed by atoms with Crippen LogP contribution in [-0.4, -0.2) is 21.1 Å². The molecule has 178 valence electrons. The smallest absolute Gasteiger partial charge is 0.273 e. The molecule has 0 aliphatic heterocycles. The van der Waals surface area contributed by atoms with Gasteiger partial charge in [-0.2, -0.15) is 0 Å². The third kappa shape index (κ3) is 6.80. The van der Waals surface area contributed by atoms with Crippen molar-refractivity contribution >= 4 is 5.91 Å². The summed E-state index contributed by atoms with van der Waals surface area (Å²) in [5.74, 6) is -0.0502. The van der Waals surface area contributed by atoms with Crippen LogP contribution in [0.5, 0.6) is 5.75 Å². The second kappa shape index (κ2) is 11.1. The van der Waals surface area contributed by atoms with E-state index in [4.69, 9.17) is 4.74 Å². The number of hydrogen-bond donors (Lipinski definition) is 2. The van der Waals surface area contributed by atoms with E-state index in [0.717, 1.165) is 5.56 Å². The van der Waals surface area contributed by atoms with Crippen LogP contribution in [-0.2, 0) is 24.4 Å². The van der Waals surface area contributed by atoms with E-state index in [0.29, 0.717) is 16.9 Å². The van der Waals surface area contributed by atoms with Crippen LogP contribution in [0.4, 0.5) is 8.78 Å². The third-order valence-electron chi connectivity index (χ3n) is 5.18. The van der Waals surface area contributed by atoms with Gasteiger partial charge in [-0.1, -0.05) is 24.3 Å². The highest BCUT2D eigenvalue weighted by atomic mass is 19.1. The van der Waals surface area contributed by atoms with Crippen molar-refractivity contribution in [2.45, 2.75) is 26.0 Å². The first-order valence-corrected chi connectivity index (χ1v) is 10.9. The van der Waals surface area contributed by atoms with E-state index in [1.54, 1.807) is 48.5 Å². The van der Waals surface area contributed by atoms with E-state index in [1.807, 2.05) is 0 Å². The number of halogens is 2. The van der Waals surface area contributed by atoms with Crippen molar-refractivity contribution in [3.63, 3.8) is 0 Å². The topological polar surface area (TPSA) is 97.0 Å². The first-order chi connectivity index (χ1) is 17.0. The summed E-state index contributed by atoms with van der Waals surface area (Å²) in [4.78, 5) is 27.2. The van der Waals surface area contributed by atoms with Crippen LogP contribution >= 0.6 is 0 Å². The molecule has 1 aromatic heterocycles. The van der Waals surface area contributed by atoms with E-state index in [9.17, 15) is 18.4 Å². The van der Waals surface area contributed by atoms with Crippen LogP contribution in [0.25, 0.3) is 11.4 Å². The van der Waals surface area contributed by atoms with Gasteiger partial charge in [0.05, 0.1) is 0 Å². The molecule has 4 rings (SSSR count). The molecule has 35 heavy (non-hydrogen) atoms. The summed E-state index contributed by atoms with van der Waals surface area (Å²) in [6, 6.07) is 18.9. The van der Waals surface area contributed by atoms with Gasteiger partial charge in [-0.15, -0.1) is 10.2 Å². The molecular weight excluding hydrogens is 454 g/mol. The number of carbonyl (C=O) groups is 1. The van der Waals surface area contributed by atoms with Crippen molar-refractivity contribution in [3.8, 4) is 17.1 Å². The molecule has 0 atom stereocenters. The summed E-state index contributed by atoms with van der Waals surface area (Å²) in [7, 11) is 0. The maximum Gasteiger partial charge on any atom is 0.273 e. The Balaban J connectivity index is 1.29. The molecule has 9 heteroatoms. The average Bonchev–Trinajstić information content (AvgIpc) is 2.87. The summed E-state index contributed by atoms with van der Waals surface area (Å²) in [5.41, 5.74) is 1.85. The molecule has 0 spiro atoms. The summed E-state index contributed by atoms with van der Waals surface area (Å²) in [6.07, 6.45) is 0.195. The summed E-state index contributed by atoms with van der Waals surface area (Å²) in [6.45, 7) is 0.488. The number of nitrogens with zero attached hydrogens (tertiary/aromatic N) is 2. The maximum atomic E-state index is 13.3. The SMILES string of the molecule is O=C(CCc1nnc(-c2ccc(OCc3cccc(F)c3)cc2)[nH]c1=O)NCc1ccc(F)cc1. The van der Waals surface area contributed by atoms with Gasteiger partial charge in [0, 0.05) is 24.9 Å². The quantitative estimate of drug-likeness (QED) is 0.382. The third-order valence-corrected chi connectivity index (χ3v) is 5.18. The van der Waals surface area contributed by atoms with E-state index >= 15 is 0 Å². The molecule has 0 aliphatic carbocycles. The Morgan fingerprint density at radius 2 is 1.69 bits per heavy atom. The number of rotatable bonds is 9. The summed E-state index contributed by atoms with van der Waals surface area (Å²) < 4.78 is 31.9. The van der Waals surface area contributed by atoms with Gasteiger partial charge in [-0.3, -0.25) is 9.59 Å². The molecule has 2 N–H and O–H groups in total. The summed E-state index contributed by atoms with van der Waals surface area (Å²) >= 11 is 0. The standard InChI is InChI=1S/C26H22F2N4O3/c27-20-8-4-17(5-9-20)15-29-24(33)13-12-23-26(34)30-25(32-31-23)19-6-10-22(11-7-19)35-16-18-2-1-3-21(28)14-18/h1-11,14H,12-13,15-16H2,(H,29,33)(H,30,32,34). The normalized spacial score (nSPS) is 10.7. The molecule has 1 heterocycles. The second-order valence-corrected chi connectivity index (χ2v) is 7.80. The Kier molecular flexibility index (Phi) is 7.57. The Bertz CT molecular complexity index is 1360. The van der Waals surface area contributed by atoms with Crippen molar-refractivity contribution in [1.82, 2.24) is 20.5 Å². The molecule has 0 fully saturated rings. The van der Waals surface area contributed by atoms with Gasteiger partial charge in [0.2, 0.25) is 5.91 Å². The molecule has 0 saturated heterocycles. The number of nitrogens with one attached hydrogen (secondary N) is 2. The minimum absolute atomic E-state index is 0.0651. The predicted molar refractivity (Wildman–Crippen MR) is 125 cm³/mol. The van der Waals surface area contributed by atoms with Crippen molar-refractivity contribution in [2.24, 2.45) is 0 Å². The maximum absolute atomic E-state index is 13.3. The Labute approximate surface area is 199 Å². The highest BCUT2D eigenvalue weighted by Gasteiger charge is 2.10. The van der Waals surface area contributed by atoms with Gasteiger partial charge in [-0.05, 0) is 59.7 Å². The van der Waals surface area contributed by atoms with Gasteiger partial charge in [0.15, 0.2) is 5.82 Å². The van der Waals surface area contributed by atoms with Crippen LogP contribution in [0, 0.1) is 11.6 Å². The molecule has 1 amide bonds. The fourth-order valence-electron chi connectivity index (χ4n) is 3.28. The number of aryl methyl sites for hydroxylation is 1. The highest BCUT2D eigenvalue weighted by molar-refractivity contribution is 5.76. The monoisotopic (exact) mass is 476 g/mol. The van der Waals surface area contributed by atoms with Crippen molar-refractivity contribution in [2.75, 3.05) is 0 Å². The largest absolute Gasteiger partial charge is 0.489 e. The molecular formula is C26H22F2N4O3. The van der Waals surface area contributed by atoms with Gasteiger partial charge >= 0.3 is 0 Å². The molecule has 0 saturated carbocycles. The molecule has 3 aromatic carbocycles. The van der Waals surface area contributed by atoms with Crippen LogP contribution in [0.1, 0.15) is 23.2 Å². The van der Waals surface area contributed by atoms with E-state index in [1.165, 1.54) is 24.3 Å². The Morgan fingerprint density at radius 3 is 2.40 bits per heavy atom. The zero-order valence-electron chi connectivity index (χ0n) is 18.6. The molecule has 0 aliphatic rings. The number of ether oxygens (including phenoxy) is 1. The fourth-order valence-corrected chi connectivity index (χ4v) is 3.28. The molecule has 7 nitrogen and oxygen atoms in total. The van der Waals surface area contributed by atoms with E-state index in [2.05, 4.69) is 20.5 Å². The van der Waals surface area contributed by atoms with Crippen LogP contribution < -0.4 is 15.6 Å². The number of aromatic amines is 1. The van der Waals surface area contributed by atoms with Gasteiger partial charge in [-0.25, -0.2) is 8.78 Å². The summed E-state index contributed by atoms with van der Waals surface area (Å²) in [5, 5.41) is 10.8. The minimum atomic E-state index is -0.423. The Hall–Kier alpha value is -4.40. The molecule has 0 unspecified atom stereocenters. The fraction of sp³-hybridized carbons (Fsp3) is 0.154. The molecule has 0 bridgehead atoms. The van der Waals surface area contributed by atoms with Gasteiger partial charge in [0.25, 0.3) is 5.56 Å². The van der Waals surface area contributed by atoms with Crippen LogP contribution in [0.3, 0.4) is 0 Å². The van der Waals surface area contributed by atoms with Crippen molar-refractivity contribution < 1.29 is 18.3 Å². The Morgan fingerprint density at radius 1 is 0.914 bits per heavy atom. The zero-order chi connectivity index (χ0) is 24.6. The zero-order valence-corrected chi connectivity index (χ0v) is 18.6. The van der Waals surface area contributed by atoms with Crippen LogP contribution in [0.2, 0.25) is 0 Å². The lowest BCUT2D eigenvalue weighted by Gasteiger charge is -2.08. The lowest BCUT2D eigenvalue weighted by atomic mass is 10.2. The number of H-pyrrole nitrogens is 1. The number of amides is 1. The highest BCUT2D eigenvalue weighted by Crippen LogP contribution is 2.19. The number of aromatic nitrogens is 3. The lowest BCUT2D eigenvalue weighted by Crippen LogP contribution is -2.25. The predicted octanol–water partition coefficient (Wildman–Crippen LogP) is 3.94. The first kappa shape index (κ1) is 23.7. The van der Waals surface area contributed by atoms with E-state index < -0.39 is 5.56 Å². The molecule has 0 radical (unpaired) electrons. The molecule has 4 aromatic rings. The number of hydrogen-bond acceptors (Lipinski definition) is 5.